The van der Waals surface area contributed by atoms with Crippen LogP contribution in [0.2, 0.25) is 0 Å². The Bertz CT molecular complexity index is 724. The summed E-state index contributed by atoms with van der Waals surface area (Å²) < 4.78 is 5.24. The molecule has 0 spiro atoms. The third-order valence-electron chi connectivity index (χ3n) is 3.02. The highest BCUT2D eigenvalue weighted by molar-refractivity contribution is 6.12. The molecule has 0 unspecified atom stereocenters. The zero-order chi connectivity index (χ0) is 14.7. The zero-order valence-corrected chi connectivity index (χ0v) is 11.1. The van der Waals surface area contributed by atoms with Crippen molar-refractivity contribution in [1.29, 1.82) is 0 Å². The number of hydrogen-bond acceptors (Lipinski definition) is 4. The number of carbonyl (C=O) groups excluding carboxylic acids is 2. The molecule has 1 aromatic carbocycles. The molecule has 0 fully saturated rings. The average Bonchev–Trinajstić information content (AvgIpc) is 2.53. The molecule has 1 amide bonds. The van der Waals surface area contributed by atoms with Crippen LogP contribution in [0.3, 0.4) is 0 Å². The van der Waals surface area contributed by atoms with Crippen molar-refractivity contribution >= 4 is 29.7 Å². The van der Waals surface area contributed by atoms with Crippen LogP contribution in [0.25, 0.3) is 11.6 Å². The highest BCUT2D eigenvalue weighted by atomic mass is 16.5. The predicted octanol–water partition coefficient (Wildman–Crippen LogP) is 2.15. The van der Waals surface area contributed by atoms with Crippen LogP contribution in [-0.2, 0) is 9.59 Å². The average molecular weight is 280 g/mol. The van der Waals surface area contributed by atoms with Crippen molar-refractivity contribution in [2.24, 2.45) is 0 Å². The minimum atomic E-state index is -0.258. The van der Waals surface area contributed by atoms with Gasteiger partial charge >= 0.3 is 0 Å². The second-order valence-electron chi connectivity index (χ2n) is 4.51. The Labute approximate surface area is 121 Å². The minimum absolute atomic E-state index is 0.0194. The van der Waals surface area contributed by atoms with Crippen LogP contribution in [0.4, 0.5) is 5.82 Å². The van der Waals surface area contributed by atoms with Crippen molar-refractivity contribution in [3.05, 3.63) is 53.7 Å². The van der Waals surface area contributed by atoms with Crippen LogP contribution in [0.1, 0.15) is 11.3 Å². The summed E-state index contributed by atoms with van der Waals surface area (Å²) in [6.45, 7) is -0.0194. The molecule has 1 aromatic heterocycles. The van der Waals surface area contributed by atoms with Gasteiger partial charge in [0.2, 0.25) is 0 Å². The van der Waals surface area contributed by atoms with Gasteiger partial charge in [-0.3, -0.25) is 9.59 Å². The van der Waals surface area contributed by atoms with Crippen LogP contribution in [0.15, 0.2) is 42.5 Å². The van der Waals surface area contributed by atoms with Crippen molar-refractivity contribution in [1.82, 2.24) is 4.98 Å². The van der Waals surface area contributed by atoms with E-state index in [4.69, 9.17) is 4.74 Å². The molecule has 0 atom stereocenters. The van der Waals surface area contributed by atoms with Gasteiger partial charge < -0.3 is 10.1 Å². The molecule has 0 aliphatic carbocycles. The number of pyridine rings is 1. The van der Waals surface area contributed by atoms with Crippen molar-refractivity contribution < 1.29 is 14.3 Å². The first kappa shape index (κ1) is 13.1. The molecule has 0 saturated carbocycles. The maximum Gasteiger partial charge on any atom is 0.263 e. The normalized spacial score (nSPS) is 13.9. The third-order valence-corrected chi connectivity index (χ3v) is 3.02. The van der Waals surface area contributed by atoms with Crippen LogP contribution in [0, 0.1) is 0 Å². The van der Waals surface area contributed by atoms with Crippen molar-refractivity contribution in [2.75, 3.05) is 11.9 Å². The summed E-state index contributed by atoms with van der Waals surface area (Å²) in [5.41, 5.74) is 1.82. The Hall–Kier alpha value is -2.95. The second kappa shape index (κ2) is 5.58. The first-order chi connectivity index (χ1) is 10.3. The molecule has 1 aliphatic rings. The van der Waals surface area contributed by atoms with E-state index < -0.39 is 0 Å². The summed E-state index contributed by atoms with van der Waals surface area (Å²) >= 11 is 0. The topological polar surface area (TPSA) is 68.3 Å². The number of allylic oxidation sites excluding steroid dienone is 1. The van der Waals surface area contributed by atoms with E-state index in [0.29, 0.717) is 22.8 Å². The van der Waals surface area contributed by atoms with E-state index in [1.54, 1.807) is 18.2 Å². The third kappa shape index (κ3) is 2.81. The smallest absolute Gasteiger partial charge is 0.263 e. The maximum absolute atomic E-state index is 11.3. The number of aldehydes is 1. The second-order valence-corrected chi connectivity index (χ2v) is 4.51. The van der Waals surface area contributed by atoms with Gasteiger partial charge in [0.15, 0.2) is 24.5 Å². The fourth-order valence-corrected chi connectivity index (χ4v) is 2.02. The van der Waals surface area contributed by atoms with Crippen LogP contribution in [0.5, 0.6) is 5.75 Å². The number of nitrogens with one attached hydrogen (secondary N) is 1. The Balaban J connectivity index is 1.98. The van der Waals surface area contributed by atoms with E-state index >= 15 is 0 Å². The Kier molecular flexibility index (Phi) is 3.47. The molecule has 3 rings (SSSR count). The summed E-state index contributed by atoms with van der Waals surface area (Å²) in [7, 11) is 0. The number of aromatic nitrogens is 1. The summed E-state index contributed by atoms with van der Waals surface area (Å²) in [4.78, 5) is 26.9. The first-order valence-corrected chi connectivity index (χ1v) is 6.42. The molecule has 21 heavy (non-hydrogen) atoms. The molecule has 2 heterocycles. The maximum atomic E-state index is 11.3. The Morgan fingerprint density at radius 1 is 1.19 bits per heavy atom. The summed E-state index contributed by atoms with van der Waals surface area (Å²) in [6, 6.07) is 12.9. The lowest BCUT2D eigenvalue weighted by Crippen LogP contribution is -2.26. The van der Waals surface area contributed by atoms with E-state index in [0.717, 1.165) is 11.8 Å². The van der Waals surface area contributed by atoms with Crippen molar-refractivity contribution in [2.45, 2.75) is 0 Å². The number of anilines is 1. The molecule has 1 aliphatic heterocycles. The van der Waals surface area contributed by atoms with Crippen LogP contribution >= 0.6 is 0 Å². The monoisotopic (exact) mass is 280 g/mol. The summed E-state index contributed by atoms with van der Waals surface area (Å²) in [5, 5.41) is 2.62. The predicted molar refractivity (Wildman–Crippen MR) is 78.7 cm³/mol. The SMILES string of the molecule is O=C/C(=C/c1ccccc1)c1ccc2c(n1)NC(=O)CO2. The van der Waals surface area contributed by atoms with Gasteiger partial charge in [0.05, 0.1) is 5.69 Å². The van der Waals surface area contributed by atoms with Gasteiger partial charge in [-0.1, -0.05) is 30.3 Å². The standard InChI is InChI=1S/C16H12N2O3/c19-9-12(8-11-4-2-1-3-5-11)13-6-7-14-16(17-13)18-15(20)10-21-14/h1-9H,10H2,(H,17,18,20)/b12-8-. The lowest BCUT2D eigenvalue weighted by atomic mass is 10.1. The van der Waals surface area contributed by atoms with E-state index in [-0.39, 0.29) is 12.5 Å². The Morgan fingerprint density at radius 3 is 2.76 bits per heavy atom. The molecule has 5 heteroatoms. The lowest BCUT2D eigenvalue weighted by Gasteiger charge is -2.17. The van der Waals surface area contributed by atoms with Crippen molar-refractivity contribution in [3.63, 3.8) is 0 Å². The first-order valence-electron chi connectivity index (χ1n) is 6.42. The number of nitrogens with zero attached hydrogens (tertiary/aromatic N) is 1. The van der Waals surface area contributed by atoms with Crippen molar-refractivity contribution in [3.8, 4) is 5.75 Å². The Morgan fingerprint density at radius 2 is 2.00 bits per heavy atom. The molecule has 2 aromatic rings. The lowest BCUT2D eigenvalue weighted by molar-refractivity contribution is -0.118. The van der Waals surface area contributed by atoms with Gasteiger partial charge in [0, 0.05) is 5.57 Å². The van der Waals surface area contributed by atoms with Gasteiger partial charge in [-0.15, -0.1) is 0 Å². The van der Waals surface area contributed by atoms with Gasteiger partial charge in [-0.25, -0.2) is 4.98 Å². The molecule has 1 N–H and O–H groups in total. The number of carbonyl (C=O) groups is 2. The van der Waals surface area contributed by atoms with E-state index in [9.17, 15) is 9.59 Å². The molecule has 5 nitrogen and oxygen atoms in total. The molecule has 0 saturated heterocycles. The number of hydrogen-bond donors (Lipinski definition) is 1. The van der Waals surface area contributed by atoms with Gasteiger partial charge in [-0.2, -0.15) is 0 Å². The zero-order valence-electron chi connectivity index (χ0n) is 11.1. The quantitative estimate of drug-likeness (QED) is 0.691. The summed E-state index contributed by atoms with van der Waals surface area (Å²) in [6.07, 6.45) is 2.49. The highest BCUT2D eigenvalue weighted by Gasteiger charge is 2.18. The van der Waals surface area contributed by atoms with E-state index in [1.807, 2.05) is 30.3 Å². The van der Waals surface area contributed by atoms with E-state index in [1.165, 1.54) is 0 Å². The molecular weight excluding hydrogens is 268 g/mol. The highest BCUT2D eigenvalue weighted by Crippen LogP contribution is 2.27. The number of fused-ring (bicyclic) bond motifs is 1. The summed E-state index contributed by atoms with van der Waals surface area (Å²) in [5.74, 6) is 0.583. The number of amides is 1. The van der Waals surface area contributed by atoms with Crippen LogP contribution < -0.4 is 10.1 Å². The fraction of sp³-hybridized carbons (Fsp3) is 0.0625. The van der Waals surface area contributed by atoms with Crippen LogP contribution in [-0.4, -0.2) is 23.8 Å². The number of benzene rings is 1. The van der Waals surface area contributed by atoms with E-state index in [2.05, 4.69) is 10.3 Å². The minimum Gasteiger partial charge on any atom is -0.480 e. The molecule has 0 bridgehead atoms. The molecular formula is C16H12N2O3. The largest absolute Gasteiger partial charge is 0.480 e. The van der Waals surface area contributed by atoms with Gasteiger partial charge in [0.25, 0.3) is 5.91 Å². The van der Waals surface area contributed by atoms with Gasteiger partial charge in [-0.05, 0) is 23.8 Å². The number of rotatable bonds is 3. The molecule has 104 valence electrons. The fourth-order valence-electron chi connectivity index (χ4n) is 2.02. The van der Waals surface area contributed by atoms with Gasteiger partial charge in [0.1, 0.15) is 0 Å². The number of ether oxygens (including phenoxy) is 1. The molecule has 0 radical (unpaired) electrons.